The summed E-state index contributed by atoms with van der Waals surface area (Å²) in [4.78, 5) is 18.8. The fourth-order valence-corrected chi connectivity index (χ4v) is 3.27. The van der Waals surface area contributed by atoms with Gasteiger partial charge in [-0.15, -0.1) is 11.3 Å². The van der Waals surface area contributed by atoms with Crippen molar-refractivity contribution in [2.75, 3.05) is 0 Å². The van der Waals surface area contributed by atoms with E-state index in [9.17, 15) is 4.79 Å². The number of hydrogen-bond donors (Lipinski definition) is 0. The van der Waals surface area contributed by atoms with Crippen LogP contribution in [0, 0.1) is 25.7 Å². The number of thiazole rings is 1. The van der Waals surface area contributed by atoms with Gasteiger partial charge in [0.05, 0.1) is 0 Å². The number of rotatable bonds is 5. The number of aromatic nitrogens is 1. The second kappa shape index (κ2) is 6.04. The second-order valence-electron chi connectivity index (χ2n) is 5.54. The van der Waals surface area contributed by atoms with Crippen LogP contribution in [-0.2, 0) is 11.3 Å². The lowest BCUT2D eigenvalue weighted by Gasteiger charge is -2.07. The third-order valence-corrected chi connectivity index (χ3v) is 5.16. The Kier molecular flexibility index (Phi) is 4.61. The van der Waals surface area contributed by atoms with Crippen LogP contribution in [0.5, 0.6) is 0 Å². The van der Waals surface area contributed by atoms with E-state index in [4.69, 9.17) is 0 Å². The summed E-state index contributed by atoms with van der Waals surface area (Å²) in [5, 5.41) is 0. The van der Waals surface area contributed by atoms with Crippen LogP contribution < -0.4 is 4.80 Å². The summed E-state index contributed by atoms with van der Waals surface area (Å²) in [6.07, 6.45) is 4.40. The Morgan fingerprint density at radius 1 is 1.37 bits per heavy atom. The van der Waals surface area contributed by atoms with Crippen molar-refractivity contribution in [3.63, 3.8) is 0 Å². The molecule has 1 aromatic rings. The average molecular weight is 280 g/mol. The molecule has 1 saturated carbocycles. The lowest BCUT2D eigenvalue weighted by molar-refractivity contribution is -0.122. The highest BCUT2D eigenvalue weighted by Gasteiger charge is 2.23. The van der Waals surface area contributed by atoms with Crippen molar-refractivity contribution in [2.24, 2.45) is 16.8 Å². The maximum absolute atomic E-state index is 12.2. The lowest BCUT2D eigenvalue weighted by atomic mass is 10.0. The van der Waals surface area contributed by atoms with Crippen LogP contribution in [0.25, 0.3) is 0 Å². The van der Waals surface area contributed by atoms with Crippen molar-refractivity contribution >= 4 is 17.2 Å². The van der Waals surface area contributed by atoms with Crippen LogP contribution in [0.15, 0.2) is 4.99 Å². The van der Waals surface area contributed by atoms with Crippen molar-refractivity contribution in [1.29, 1.82) is 0 Å². The Morgan fingerprint density at radius 3 is 2.53 bits per heavy atom. The van der Waals surface area contributed by atoms with E-state index in [-0.39, 0.29) is 11.8 Å². The van der Waals surface area contributed by atoms with Gasteiger partial charge < -0.3 is 4.57 Å². The Bertz CT molecular complexity index is 519. The summed E-state index contributed by atoms with van der Waals surface area (Å²) in [5.41, 5.74) is 1.27. The fraction of sp³-hybridized carbons (Fsp3) is 0.733. The van der Waals surface area contributed by atoms with Crippen molar-refractivity contribution < 1.29 is 4.79 Å². The molecule has 0 saturated heterocycles. The molecule has 0 spiro atoms. The highest BCUT2D eigenvalue weighted by molar-refractivity contribution is 7.09. The van der Waals surface area contributed by atoms with Crippen LogP contribution >= 0.6 is 11.3 Å². The highest BCUT2D eigenvalue weighted by atomic mass is 32.1. The van der Waals surface area contributed by atoms with E-state index in [2.05, 4.69) is 37.3 Å². The van der Waals surface area contributed by atoms with Gasteiger partial charge in [0.15, 0.2) is 4.80 Å². The number of hydrogen-bond acceptors (Lipinski definition) is 2. The molecule has 4 heteroatoms. The quantitative estimate of drug-likeness (QED) is 0.813. The molecule has 106 valence electrons. The zero-order chi connectivity index (χ0) is 14.0. The predicted molar refractivity (Wildman–Crippen MR) is 79.1 cm³/mol. The third kappa shape index (κ3) is 3.35. The van der Waals surface area contributed by atoms with Crippen LogP contribution in [0.2, 0.25) is 0 Å². The molecule has 2 rings (SSSR count). The Hall–Kier alpha value is -0.900. The maximum Gasteiger partial charge on any atom is 0.251 e. The van der Waals surface area contributed by atoms with Gasteiger partial charge >= 0.3 is 0 Å². The normalized spacial score (nSPS) is 16.4. The molecule has 1 amide bonds. The molecule has 0 aromatic carbocycles. The molecule has 1 fully saturated rings. The molecule has 1 aromatic heterocycles. The number of carbonyl (C=O) groups excluding carboxylic acids is 1. The molecule has 0 N–H and O–H groups in total. The monoisotopic (exact) mass is 280 g/mol. The lowest BCUT2D eigenvalue weighted by Crippen LogP contribution is -2.21. The van der Waals surface area contributed by atoms with Crippen molar-refractivity contribution in [2.45, 2.75) is 59.9 Å². The van der Waals surface area contributed by atoms with E-state index in [1.165, 1.54) is 23.4 Å². The minimum atomic E-state index is 0.0517. The van der Waals surface area contributed by atoms with E-state index in [0.717, 1.165) is 30.1 Å². The van der Waals surface area contributed by atoms with Gasteiger partial charge in [-0.2, -0.15) is 4.99 Å². The van der Waals surface area contributed by atoms with Gasteiger partial charge in [0.2, 0.25) is 0 Å². The predicted octanol–water partition coefficient (Wildman–Crippen LogP) is 3.44. The Morgan fingerprint density at radius 2 is 2.00 bits per heavy atom. The Balaban J connectivity index is 2.31. The van der Waals surface area contributed by atoms with Crippen LogP contribution in [0.4, 0.5) is 0 Å². The summed E-state index contributed by atoms with van der Waals surface area (Å²) in [6, 6.07) is 0. The first-order valence-electron chi connectivity index (χ1n) is 7.32. The highest BCUT2D eigenvalue weighted by Crippen LogP contribution is 2.31. The first kappa shape index (κ1) is 14.5. The van der Waals surface area contributed by atoms with Gasteiger partial charge in [0, 0.05) is 23.0 Å². The summed E-state index contributed by atoms with van der Waals surface area (Å²) >= 11 is 1.65. The summed E-state index contributed by atoms with van der Waals surface area (Å²) in [6.45, 7) is 9.40. The van der Waals surface area contributed by atoms with Crippen molar-refractivity contribution in [3.8, 4) is 0 Å². The smallest absolute Gasteiger partial charge is 0.251 e. The standard InChI is InChI=1S/C15H24N2OS/c1-5-13(6-2)14(18)16-15-17(9-12-7-8-12)10(3)11(4)19-15/h12-13H,5-9H2,1-4H3/b16-15-. The number of nitrogens with zero attached hydrogens (tertiary/aromatic N) is 2. The zero-order valence-electron chi connectivity index (χ0n) is 12.4. The third-order valence-electron chi connectivity index (χ3n) is 4.07. The summed E-state index contributed by atoms with van der Waals surface area (Å²) in [7, 11) is 0. The first-order valence-corrected chi connectivity index (χ1v) is 8.13. The molecular formula is C15H24N2OS. The number of aryl methyl sites for hydroxylation is 1. The molecular weight excluding hydrogens is 256 g/mol. The molecule has 1 aliphatic rings. The SMILES string of the molecule is CCC(CC)C(=O)/N=c1\sc(C)c(C)n1CC1CC1. The van der Waals surface area contributed by atoms with E-state index in [0.29, 0.717) is 0 Å². The summed E-state index contributed by atoms with van der Waals surface area (Å²) in [5.74, 6) is 0.933. The molecule has 0 aliphatic heterocycles. The Labute approximate surface area is 119 Å². The van der Waals surface area contributed by atoms with Crippen molar-refractivity contribution in [3.05, 3.63) is 15.4 Å². The molecule has 1 heterocycles. The summed E-state index contributed by atoms with van der Waals surface area (Å²) < 4.78 is 2.25. The molecule has 0 radical (unpaired) electrons. The minimum absolute atomic E-state index is 0.0517. The second-order valence-corrected chi connectivity index (χ2v) is 6.73. The van der Waals surface area contributed by atoms with Crippen LogP contribution in [0.3, 0.4) is 0 Å². The van der Waals surface area contributed by atoms with Crippen molar-refractivity contribution in [1.82, 2.24) is 4.57 Å². The molecule has 0 unspecified atom stereocenters. The van der Waals surface area contributed by atoms with Gasteiger partial charge in [-0.3, -0.25) is 4.79 Å². The molecule has 0 atom stereocenters. The van der Waals surface area contributed by atoms with E-state index in [1.807, 2.05) is 0 Å². The molecule has 19 heavy (non-hydrogen) atoms. The van der Waals surface area contributed by atoms with E-state index >= 15 is 0 Å². The van der Waals surface area contributed by atoms with Crippen LogP contribution in [0.1, 0.15) is 50.1 Å². The molecule has 0 bridgehead atoms. The van der Waals surface area contributed by atoms with Gasteiger partial charge in [-0.1, -0.05) is 13.8 Å². The van der Waals surface area contributed by atoms with Gasteiger partial charge in [0.25, 0.3) is 5.91 Å². The van der Waals surface area contributed by atoms with Crippen LogP contribution in [-0.4, -0.2) is 10.5 Å². The number of amides is 1. The van der Waals surface area contributed by atoms with E-state index < -0.39 is 0 Å². The molecule has 1 aliphatic carbocycles. The van der Waals surface area contributed by atoms with Gasteiger partial charge in [0.1, 0.15) is 0 Å². The topological polar surface area (TPSA) is 34.4 Å². The largest absolute Gasteiger partial charge is 0.320 e. The fourth-order valence-electron chi connectivity index (χ4n) is 2.28. The maximum atomic E-state index is 12.2. The van der Waals surface area contributed by atoms with Gasteiger partial charge in [-0.05, 0) is 45.4 Å². The average Bonchev–Trinajstić information content (AvgIpc) is 3.15. The first-order chi connectivity index (χ1) is 9.06. The van der Waals surface area contributed by atoms with Gasteiger partial charge in [-0.25, -0.2) is 0 Å². The molecule has 3 nitrogen and oxygen atoms in total. The zero-order valence-corrected chi connectivity index (χ0v) is 13.2. The minimum Gasteiger partial charge on any atom is -0.320 e. The van der Waals surface area contributed by atoms with E-state index in [1.54, 1.807) is 11.3 Å². The number of carbonyl (C=O) groups is 1.